The number of aromatic nitrogens is 1. The standard InChI is InChI=1S/C18H17F2N3O4/c19-12-1-2-15(14(20)9-12)27-16-10-13(3-6-21-16)22-18(26)23-7-4-11(5-8-23)17(24)25/h1-3,6,9-11H,4-5,7-8H2,(H,24,25)(H,21,22,26). The lowest BCUT2D eigenvalue weighted by Gasteiger charge is -2.30. The second-order valence-electron chi connectivity index (χ2n) is 6.09. The fourth-order valence-corrected chi connectivity index (χ4v) is 2.75. The number of carboxylic acid groups (broad SMARTS) is 1. The number of anilines is 1. The number of pyridine rings is 1. The highest BCUT2D eigenvalue weighted by molar-refractivity contribution is 5.89. The predicted octanol–water partition coefficient (Wildman–Crippen LogP) is 3.48. The molecule has 1 aromatic carbocycles. The molecule has 2 amide bonds. The molecule has 0 aliphatic carbocycles. The number of nitrogens with one attached hydrogen (secondary N) is 1. The van der Waals surface area contributed by atoms with E-state index < -0.39 is 23.5 Å². The van der Waals surface area contributed by atoms with Gasteiger partial charge < -0.3 is 20.1 Å². The minimum Gasteiger partial charge on any atom is -0.481 e. The molecule has 2 heterocycles. The average Bonchev–Trinajstić information content (AvgIpc) is 2.64. The van der Waals surface area contributed by atoms with Gasteiger partial charge in [0.1, 0.15) is 5.82 Å². The lowest BCUT2D eigenvalue weighted by Crippen LogP contribution is -2.42. The number of ether oxygens (including phenoxy) is 1. The quantitative estimate of drug-likeness (QED) is 0.851. The van der Waals surface area contributed by atoms with Crippen molar-refractivity contribution in [2.75, 3.05) is 18.4 Å². The number of halogens is 2. The van der Waals surface area contributed by atoms with Crippen molar-refractivity contribution in [1.82, 2.24) is 9.88 Å². The lowest BCUT2D eigenvalue weighted by molar-refractivity contribution is -0.143. The smallest absolute Gasteiger partial charge is 0.321 e. The summed E-state index contributed by atoms with van der Waals surface area (Å²) in [7, 11) is 0. The normalized spacial score (nSPS) is 14.7. The third-order valence-corrected chi connectivity index (χ3v) is 4.23. The van der Waals surface area contributed by atoms with Crippen LogP contribution in [-0.2, 0) is 4.79 Å². The second-order valence-corrected chi connectivity index (χ2v) is 6.09. The molecule has 9 heteroatoms. The van der Waals surface area contributed by atoms with Crippen molar-refractivity contribution >= 4 is 17.7 Å². The highest BCUT2D eigenvalue weighted by atomic mass is 19.1. The van der Waals surface area contributed by atoms with E-state index in [0.717, 1.165) is 12.1 Å². The number of hydrogen-bond donors (Lipinski definition) is 2. The Labute approximate surface area is 153 Å². The summed E-state index contributed by atoms with van der Waals surface area (Å²) in [4.78, 5) is 28.7. The fraction of sp³-hybridized carbons (Fsp3) is 0.278. The zero-order chi connectivity index (χ0) is 19.4. The molecule has 27 heavy (non-hydrogen) atoms. The molecular weight excluding hydrogens is 360 g/mol. The first-order valence-corrected chi connectivity index (χ1v) is 8.30. The van der Waals surface area contributed by atoms with Gasteiger partial charge in [0.05, 0.1) is 5.92 Å². The summed E-state index contributed by atoms with van der Waals surface area (Å²) in [5, 5.41) is 11.7. The van der Waals surface area contributed by atoms with Gasteiger partial charge in [-0.05, 0) is 31.0 Å². The molecule has 1 aliphatic heterocycles. The molecule has 142 valence electrons. The lowest BCUT2D eigenvalue weighted by atomic mass is 9.97. The van der Waals surface area contributed by atoms with Crippen LogP contribution >= 0.6 is 0 Å². The molecule has 1 fully saturated rings. The number of carbonyl (C=O) groups is 2. The maximum Gasteiger partial charge on any atom is 0.321 e. The number of amides is 2. The second kappa shape index (κ2) is 7.98. The van der Waals surface area contributed by atoms with Crippen LogP contribution in [0.25, 0.3) is 0 Å². The van der Waals surface area contributed by atoms with Gasteiger partial charge in [0, 0.05) is 37.1 Å². The molecule has 1 aromatic heterocycles. The van der Waals surface area contributed by atoms with E-state index in [1.54, 1.807) is 0 Å². The number of piperidine rings is 1. The minimum atomic E-state index is -0.868. The summed E-state index contributed by atoms with van der Waals surface area (Å²) >= 11 is 0. The largest absolute Gasteiger partial charge is 0.481 e. The molecule has 0 unspecified atom stereocenters. The first-order chi connectivity index (χ1) is 12.9. The van der Waals surface area contributed by atoms with Crippen LogP contribution in [-0.4, -0.2) is 40.1 Å². The van der Waals surface area contributed by atoms with E-state index in [9.17, 15) is 18.4 Å². The zero-order valence-corrected chi connectivity index (χ0v) is 14.2. The number of likely N-dealkylation sites (tertiary alicyclic amines) is 1. The third kappa shape index (κ3) is 4.69. The SMILES string of the molecule is O=C(O)C1CCN(C(=O)Nc2ccnc(Oc3ccc(F)cc3F)c2)CC1. The van der Waals surface area contributed by atoms with Gasteiger partial charge in [-0.2, -0.15) is 0 Å². The summed E-state index contributed by atoms with van der Waals surface area (Å²) in [6.07, 6.45) is 2.18. The first-order valence-electron chi connectivity index (χ1n) is 8.30. The Morgan fingerprint density at radius 2 is 1.93 bits per heavy atom. The number of aliphatic carboxylic acids is 1. The monoisotopic (exact) mass is 377 g/mol. The highest BCUT2D eigenvalue weighted by Crippen LogP contribution is 2.25. The highest BCUT2D eigenvalue weighted by Gasteiger charge is 2.27. The van der Waals surface area contributed by atoms with Crippen molar-refractivity contribution in [1.29, 1.82) is 0 Å². The summed E-state index contributed by atoms with van der Waals surface area (Å²) in [6, 6.07) is 5.47. The Balaban J connectivity index is 1.62. The first kappa shape index (κ1) is 18.6. The molecular formula is C18H17F2N3O4. The van der Waals surface area contributed by atoms with E-state index in [0.29, 0.717) is 37.7 Å². The zero-order valence-electron chi connectivity index (χ0n) is 14.2. The van der Waals surface area contributed by atoms with Crippen molar-refractivity contribution in [3.63, 3.8) is 0 Å². The molecule has 0 bridgehead atoms. The van der Waals surface area contributed by atoms with E-state index in [4.69, 9.17) is 9.84 Å². The Morgan fingerprint density at radius 1 is 1.19 bits per heavy atom. The topological polar surface area (TPSA) is 91.8 Å². The Kier molecular flexibility index (Phi) is 5.49. The van der Waals surface area contributed by atoms with Crippen LogP contribution in [0.5, 0.6) is 11.6 Å². The molecule has 7 nitrogen and oxygen atoms in total. The van der Waals surface area contributed by atoms with Crippen molar-refractivity contribution in [3.8, 4) is 11.6 Å². The van der Waals surface area contributed by atoms with Gasteiger partial charge in [0.15, 0.2) is 11.6 Å². The number of hydrogen-bond acceptors (Lipinski definition) is 4. The predicted molar refractivity (Wildman–Crippen MR) is 91.6 cm³/mol. The van der Waals surface area contributed by atoms with Gasteiger partial charge >= 0.3 is 12.0 Å². The molecule has 2 aromatic rings. The van der Waals surface area contributed by atoms with E-state index >= 15 is 0 Å². The van der Waals surface area contributed by atoms with Gasteiger partial charge in [-0.15, -0.1) is 0 Å². The van der Waals surface area contributed by atoms with Crippen molar-refractivity contribution < 1.29 is 28.2 Å². The van der Waals surface area contributed by atoms with Crippen LogP contribution in [0.2, 0.25) is 0 Å². The van der Waals surface area contributed by atoms with Gasteiger partial charge in [0.2, 0.25) is 5.88 Å². The van der Waals surface area contributed by atoms with E-state index in [1.807, 2.05) is 0 Å². The van der Waals surface area contributed by atoms with E-state index in [-0.39, 0.29) is 17.7 Å². The van der Waals surface area contributed by atoms with Crippen molar-refractivity contribution in [3.05, 3.63) is 48.2 Å². The molecule has 0 atom stereocenters. The summed E-state index contributed by atoms with van der Waals surface area (Å²) in [6.45, 7) is 0.691. The Hall–Kier alpha value is -3.23. The number of rotatable bonds is 4. The number of carbonyl (C=O) groups excluding carboxylic acids is 1. The molecule has 1 aliphatic rings. The fourth-order valence-electron chi connectivity index (χ4n) is 2.75. The van der Waals surface area contributed by atoms with Gasteiger partial charge in [-0.25, -0.2) is 18.6 Å². The Morgan fingerprint density at radius 3 is 2.59 bits per heavy atom. The molecule has 2 N–H and O–H groups in total. The molecule has 0 saturated carbocycles. The van der Waals surface area contributed by atoms with Gasteiger partial charge in [-0.1, -0.05) is 0 Å². The summed E-state index contributed by atoms with van der Waals surface area (Å²) in [5.74, 6) is -3.03. The number of carboxylic acids is 1. The molecule has 0 radical (unpaired) electrons. The van der Waals surface area contributed by atoms with Crippen LogP contribution < -0.4 is 10.1 Å². The number of benzene rings is 1. The molecule has 3 rings (SSSR count). The van der Waals surface area contributed by atoms with Crippen molar-refractivity contribution in [2.24, 2.45) is 5.92 Å². The van der Waals surface area contributed by atoms with Gasteiger partial charge in [-0.3, -0.25) is 4.79 Å². The molecule has 0 spiro atoms. The van der Waals surface area contributed by atoms with E-state index in [1.165, 1.54) is 23.2 Å². The summed E-state index contributed by atoms with van der Waals surface area (Å²) < 4.78 is 31.9. The third-order valence-electron chi connectivity index (χ3n) is 4.23. The van der Waals surface area contributed by atoms with Gasteiger partial charge in [0.25, 0.3) is 0 Å². The summed E-state index contributed by atoms with van der Waals surface area (Å²) in [5.41, 5.74) is 0.382. The van der Waals surface area contributed by atoms with E-state index in [2.05, 4.69) is 10.3 Å². The van der Waals surface area contributed by atoms with Crippen molar-refractivity contribution in [2.45, 2.75) is 12.8 Å². The van der Waals surface area contributed by atoms with Crippen LogP contribution in [0.1, 0.15) is 12.8 Å². The maximum atomic E-state index is 13.7. The number of urea groups is 1. The number of nitrogens with zero attached hydrogens (tertiary/aromatic N) is 2. The maximum absolute atomic E-state index is 13.7. The van der Waals surface area contributed by atoms with Crippen LogP contribution in [0.3, 0.4) is 0 Å². The molecule has 1 saturated heterocycles. The Bertz CT molecular complexity index is 854. The van der Waals surface area contributed by atoms with Crippen LogP contribution in [0, 0.1) is 17.6 Å². The minimum absolute atomic E-state index is 0.0305. The van der Waals surface area contributed by atoms with Crippen LogP contribution in [0.4, 0.5) is 19.3 Å². The van der Waals surface area contributed by atoms with Crippen LogP contribution in [0.15, 0.2) is 36.5 Å². The average molecular weight is 377 g/mol.